The third-order valence-corrected chi connectivity index (χ3v) is 3.17. The van der Waals surface area contributed by atoms with Crippen LogP contribution in [-0.4, -0.2) is 12.8 Å². The summed E-state index contributed by atoms with van der Waals surface area (Å²) in [6.45, 7) is -1.55. The second kappa shape index (κ2) is 6.31. The maximum Gasteiger partial charge on any atom is 0.422 e. The number of alkyl halides is 6. The predicted molar refractivity (Wildman–Crippen MR) is 73.4 cm³/mol. The molecule has 8 heteroatoms. The molecule has 0 radical (unpaired) electrons. The highest BCUT2D eigenvalue weighted by atomic mass is 35.5. The SMILES string of the molecule is FC(F)(F)COc1c(Cl)cccc1-c1ccc(C(F)(F)F)cc1. The van der Waals surface area contributed by atoms with Crippen molar-refractivity contribution < 1.29 is 31.1 Å². The zero-order valence-corrected chi connectivity index (χ0v) is 12.1. The Morgan fingerprint density at radius 3 is 2.00 bits per heavy atom. The molecule has 2 aromatic carbocycles. The summed E-state index contributed by atoms with van der Waals surface area (Å²) in [6.07, 6.45) is -9.06. The van der Waals surface area contributed by atoms with Crippen molar-refractivity contribution in [2.45, 2.75) is 12.4 Å². The van der Waals surface area contributed by atoms with Gasteiger partial charge in [-0.05, 0) is 23.8 Å². The van der Waals surface area contributed by atoms with Gasteiger partial charge in [-0.25, -0.2) is 0 Å². The Morgan fingerprint density at radius 2 is 1.48 bits per heavy atom. The van der Waals surface area contributed by atoms with Crippen LogP contribution in [0.25, 0.3) is 11.1 Å². The minimum atomic E-state index is -4.56. The average Bonchev–Trinajstić information content (AvgIpc) is 2.44. The molecule has 23 heavy (non-hydrogen) atoms. The molecule has 0 unspecified atom stereocenters. The van der Waals surface area contributed by atoms with E-state index in [1.807, 2.05) is 0 Å². The van der Waals surface area contributed by atoms with E-state index in [2.05, 4.69) is 0 Å². The molecule has 0 spiro atoms. The monoisotopic (exact) mass is 354 g/mol. The van der Waals surface area contributed by atoms with Crippen molar-refractivity contribution in [1.82, 2.24) is 0 Å². The lowest BCUT2D eigenvalue weighted by Gasteiger charge is -2.15. The second-order valence-electron chi connectivity index (χ2n) is 4.60. The first kappa shape index (κ1) is 17.5. The lowest BCUT2D eigenvalue weighted by molar-refractivity contribution is -0.153. The summed E-state index contributed by atoms with van der Waals surface area (Å²) in [7, 11) is 0. The number of hydrogen-bond donors (Lipinski definition) is 0. The number of para-hydroxylation sites is 1. The summed E-state index contributed by atoms with van der Waals surface area (Å²) in [5, 5.41) is -0.0633. The Bertz CT molecular complexity index is 676. The lowest BCUT2D eigenvalue weighted by Crippen LogP contribution is -2.19. The van der Waals surface area contributed by atoms with Crippen molar-refractivity contribution in [1.29, 1.82) is 0 Å². The van der Waals surface area contributed by atoms with Crippen molar-refractivity contribution in [2.75, 3.05) is 6.61 Å². The molecule has 0 aliphatic carbocycles. The largest absolute Gasteiger partial charge is 0.482 e. The van der Waals surface area contributed by atoms with E-state index in [4.69, 9.17) is 16.3 Å². The Labute approximate surface area is 132 Å². The third kappa shape index (κ3) is 4.54. The van der Waals surface area contributed by atoms with Gasteiger partial charge in [0.25, 0.3) is 0 Å². The summed E-state index contributed by atoms with van der Waals surface area (Å²) in [4.78, 5) is 0. The van der Waals surface area contributed by atoms with Crippen LogP contribution in [0.4, 0.5) is 26.3 Å². The van der Waals surface area contributed by atoms with E-state index >= 15 is 0 Å². The van der Waals surface area contributed by atoms with E-state index in [0.717, 1.165) is 24.3 Å². The van der Waals surface area contributed by atoms with Gasteiger partial charge in [0.2, 0.25) is 0 Å². The van der Waals surface area contributed by atoms with Crippen LogP contribution in [0, 0.1) is 0 Å². The number of benzene rings is 2. The minimum Gasteiger partial charge on any atom is -0.482 e. The van der Waals surface area contributed by atoms with Crippen LogP contribution in [0.3, 0.4) is 0 Å². The second-order valence-corrected chi connectivity index (χ2v) is 5.00. The standard InChI is InChI=1S/C15H9ClF6O/c16-12-3-1-2-11(13(12)23-8-14(17,18)19)9-4-6-10(7-5-9)15(20,21)22/h1-7H,8H2. The molecule has 0 N–H and O–H groups in total. The van der Waals surface area contributed by atoms with Gasteiger partial charge in [-0.3, -0.25) is 0 Å². The first-order chi connectivity index (χ1) is 10.6. The van der Waals surface area contributed by atoms with Crippen molar-refractivity contribution >= 4 is 11.6 Å². The van der Waals surface area contributed by atoms with Crippen LogP contribution in [0.2, 0.25) is 5.02 Å². The molecule has 0 aliphatic rings. The molecule has 0 fully saturated rings. The van der Waals surface area contributed by atoms with Gasteiger partial charge in [0, 0.05) is 5.56 Å². The fourth-order valence-corrected chi connectivity index (χ4v) is 2.10. The molecule has 0 saturated heterocycles. The van der Waals surface area contributed by atoms with Gasteiger partial charge in [-0.2, -0.15) is 26.3 Å². The van der Waals surface area contributed by atoms with Gasteiger partial charge < -0.3 is 4.74 Å². The highest BCUT2D eigenvalue weighted by Crippen LogP contribution is 2.38. The summed E-state index contributed by atoms with van der Waals surface area (Å²) < 4.78 is 79.2. The van der Waals surface area contributed by atoms with Crippen LogP contribution in [0.5, 0.6) is 5.75 Å². The smallest absolute Gasteiger partial charge is 0.422 e. The molecule has 1 nitrogen and oxygen atoms in total. The average molecular weight is 355 g/mol. The van der Waals surface area contributed by atoms with Gasteiger partial charge >= 0.3 is 12.4 Å². The van der Waals surface area contributed by atoms with E-state index < -0.39 is 24.5 Å². The first-order valence-electron chi connectivity index (χ1n) is 6.23. The Balaban J connectivity index is 2.37. The topological polar surface area (TPSA) is 9.23 Å². The molecule has 0 amide bonds. The molecule has 0 atom stereocenters. The van der Waals surface area contributed by atoms with E-state index in [9.17, 15) is 26.3 Å². The van der Waals surface area contributed by atoms with Crippen molar-refractivity contribution in [3.05, 3.63) is 53.1 Å². The Morgan fingerprint density at radius 1 is 0.870 bits per heavy atom. The highest BCUT2D eigenvalue weighted by Gasteiger charge is 2.31. The summed E-state index contributed by atoms with van der Waals surface area (Å²) in [6, 6.07) is 8.19. The van der Waals surface area contributed by atoms with Gasteiger partial charge in [0.15, 0.2) is 6.61 Å². The first-order valence-corrected chi connectivity index (χ1v) is 6.61. The number of ether oxygens (including phenoxy) is 1. The zero-order chi connectivity index (χ0) is 17.3. The predicted octanol–water partition coefficient (Wildman–Crippen LogP) is 5.97. The normalized spacial score (nSPS) is 12.3. The molecule has 0 aliphatic heterocycles. The van der Waals surface area contributed by atoms with E-state index in [1.165, 1.54) is 18.2 Å². The highest BCUT2D eigenvalue weighted by molar-refractivity contribution is 6.32. The number of rotatable bonds is 3. The summed E-state index contributed by atoms with van der Waals surface area (Å²) in [5.41, 5.74) is -0.422. The maximum absolute atomic E-state index is 12.5. The lowest BCUT2D eigenvalue weighted by atomic mass is 10.0. The van der Waals surface area contributed by atoms with Crippen molar-refractivity contribution in [3.8, 4) is 16.9 Å². The van der Waals surface area contributed by atoms with Gasteiger partial charge in [0.05, 0.1) is 10.6 Å². The maximum atomic E-state index is 12.5. The van der Waals surface area contributed by atoms with Crippen molar-refractivity contribution in [2.24, 2.45) is 0 Å². The van der Waals surface area contributed by atoms with Crippen LogP contribution in [0.1, 0.15) is 5.56 Å². The molecular weight excluding hydrogens is 346 g/mol. The van der Waals surface area contributed by atoms with Crippen LogP contribution in [-0.2, 0) is 6.18 Å². The van der Waals surface area contributed by atoms with Gasteiger partial charge in [0.1, 0.15) is 5.75 Å². The van der Waals surface area contributed by atoms with E-state index in [1.54, 1.807) is 0 Å². The van der Waals surface area contributed by atoms with Gasteiger partial charge in [-0.1, -0.05) is 35.9 Å². The summed E-state index contributed by atoms with van der Waals surface area (Å²) in [5.74, 6) is -0.230. The number of hydrogen-bond acceptors (Lipinski definition) is 1. The van der Waals surface area contributed by atoms with Crippen molar-refractivity contribution in [3.63, 3.8) is 0 Å². The zero-order valence-electron chi connectivity index (χ0n) is 11.3. The number of halogens is 7. The Hall–Kier alpha value is -1.89. The van der Waals surface area contributed by atoms with Gasteiger partial charge in [-0.15, -0.1) is 0 Å². The molecule has 124 valence electrons. The minimum absolute atomic E-state index is 0.0633. The third-order valence-electron chi connectivity index (χ3n) is 2.87. The fraction of sp³-hybridized carbons (Fsp3) is 0.200. The quantitative estimate of drug-likeness (QED) is 0.617. The molecule has 2 aromatic rings. The van der Waals surface area contributed by atoms with E-state index in [-0.39, 0.29) is 21.9 Å². The molecule has 2 rings (SSSR count). The molecule has 0 aromatic heterocycles. The van der Waals surface area contributed by atoms with Crippen LogP contribution in [0.15, 0.2) is 42.5 Å². The molecule has 0 heterocycles. The van der Waals surface area contributed by atoms with Crippen LogP contribution >= 0.6 is 11.6 Å². The van der Waals surface area contributed by atoms with Crippen LogP contribution < -0.4 is 4.74 Å². The summed E-state index contributed by atoms with van der Waals surface area (Å²) >= 11 is 5.84. The van der Waals surface area contributed by atoms with E-state index in [0.29, 0.717) is 0 Å². The molecule has 0 bridgehead atoms. The molecular formula is C15H9ClF6O. The Kier molecular flexibility index (Phi) is 4.79. The fourth-order valence-electron chi connectivity index (χ4n) is 1.88. The molecule has 0 saturated carbocycles.